The van der Waals surface area contributed by atoms with Gasteiger partial charge in [-0.1, -0.05) is 42.5 Å². The molecule has 0 aliphatic carbocycles. The molecular weight excluding hydrogens is 228 g/mol. The van der Waals surface area contributed by atoms with Gasteiger partial charge in [0.25, 0.3) is 0 Å². The Balaban J connectivity index is 2.07. The fourth-order valence-electron chi connectivity index (χ4n) is 1.61. The van der Waals surface area contributed by atoms with Gasteiger partial charge in [-0.25, -0.2) is 0 Å². The summed E-state index contributed by atoms with van der Waals surface area (Å²) in [5, 5.41) is 1.92. The standard InChI is InChI=1S/C15H14OS/c1-11-5-7-13(8-6-11)12(2)10-14(16)15-4-3-9-17-15/h3-9H,2,10H2,1H3. The Kier molecular flexibility index (Phi) is 3.55. The van der Waals surface area contributed by atoms with Crippen LogP contribution in [0.3, 0.4) is 0 Å². The zero-order valence-electron chi connectivity index (χ0n) is 9.77. The number of ketones is 1. The lowest BCUT2D eigenvalue weighted by Crippen LogP contribution is -1.97. The molecule has 0 bridgehead atoms. The lowest BCUT2D eigenvalue weighted by Gasteiger charge is -2.04. The number of hydrogen-bond acceptors (Lipinski definition) is 2. The predicted octanol–water partition coefficient (Wildman–Crippen LogP) is 4.34. The van der Waals surface area contributed by atoms with E-state index in [-0.39, 0.29) is 5.78 Å². The van der Waals surface area contributed by atoms with Crippen LogP contribution in [0.4, 0.5) is 0 Å². The van der Waals surface area contributed by atoms with Crippen molar-refractivity contribution in [1.29, 1.82) is 0 Å². The van der Waals surface area contributed by atoms with Crippen LogP contribution in [-0.4, -0.2) is 5.78 Å². The number of benzene rings is 1. The Bertz CT molecular complexity index is 521. The third-order valence-corrected chi connectivity index (χ3v) is 3.54. The normalized spacial score (nSPS) is 10.2. The Hall–Kier alpha value is -1.67. The van der Waals surface area contributed by atoms with Crippen molar-refractivity contribution in [2.24, 2.45) is 0 Å². The van der Waals surface area contributed by atoms with Crippen LogP contribution in [0.1, 0.15) is 27.2 Å². The van der Waals surface area contributed by atoms with Crippen LogP contribution in [0.5, 0.6) is 0 Å². The first-order chi connectivity index (χ1) is 8.16. The molecule has 86 valence electrons. The van der Waals surface area contributed by atoms with Gasteiger partial charge in [-0.2, -0.15) is 0 Å². The lowest BCUT2D eigenvalue weighted by atomic mass is 10.0. The van der Waals surface area contributed by atoms with Crippen LogP contribution in [-0.2, 0) is 0 Å². The van der Waals surface area contributed by atoms with Crippen molar-refractivity contribution in [2.75, 3.05) is 0 Å². The van der Waals surface area contributed by atoms with Crippen LogP contribution in [0.15, 0.2) is 48.4 Å². The second kappa shape index (κ2) is 5.11. The van der Waals surface area contributed by atoms with E-state index in [0.29, 0.717) is 6.42 Å². The largest absolute Gasteiger partial charge is 0.293 e. The highest BCUT2D eigenvalue weighted by atomic mass is 32.1. The lowest BCUT2D eigenvalue weighted by molar-refractivity contribution is 0.100. The molecule has 2 heteroatoms. The second-order valence-electron chi connectivity index (χ2n) is 4.05. The fraction of sp³-hybridized carbons (Fsp3) is 0.133. The Labute approximate surface area is 105 Å². The summed E-state index contributed by atoms with van der Waals surface area (Å²) >= 11 is 1.48. The van der Waals surface area contributed by atoms with Crippen molar-refractivity contribution in [3.05, 3.63) is 64.4 Å². The van der Waals surface area contributed by atoms with Gasteiger partial charge in [0.15, 0.2) is 5.78 Å². The van der Waals surface area contributed by atoms with Gasteiger partial charge in [-0.05, 0) is 29.5 Å². The molecule has 0 aliphatic heterocycles. The van der Waals surface area contributed by atoms with Crippen LogP contribution in [0.2, 0.25) is 0 Å². The average Bonchev–Trinajstić information content (AvgIpc) is 2.83. The molecule has 0 radical (unpaired) electrons. The highest BCUT2D eigenvalue weighted by Crippen LogP contribution is 2.21. The fourth-order valence-corrected chi connectivity index (χ4v) is 2.27. The van der Waals surface area contributed by atoms with E-state index in [1.165, 1.54) is 16.9 Å². The van der Waals surface area contributed by atoms with Gasteiger partial charge in [-0.3, -0.25) is 4.79 Å². The summed E-state index contributed by atoms with van der Waals surface area (Å²) in [6.45, 7) is 6.03. The summed E-state index contributed by atoms with van der Waals surface area (Å²) in [4.78, 5) is 12.7. The number of allylic oxidation sites excluding steroid dienone is 1. The third kappa shape index (κ3) is 2.92. The van der Waals surface area contributed by atoms with Crippen LogP contribution in [0, 0.1) is 6.92 Å². The summed E-state index contributed by atoms with van der Waals surface area (Å²) in [6.07, 6.45) is 0.392. The number of aryl methyl sites for hydroxylation is 1. The molecule has 2 rings (SSSR count). The second-order valence-corrected chi connectivity index (χ2v) is 4.99. The molecule has 1 nitrogen and oxygen atoms in total. The van der Waals surface area contributed by atoms with E-state index in [9.17, 15) is 4.79 Å². The average molecular weight is 242 g/mol. The maximum absolute atomic E-state index is 11.9. The van der Waals surface area contributed by atoms with E-state index in [0.717, 1.165) is 16.0 Å². The molecule has 0 amide bonds. The minimum Gasteiger partial charge on any atom is -0.293 e. The minimum atomic E-state index is 0.144. The molecule has 0 spiro atoms. The first kappa shape index (κ1) is 11.8. The quantitative estimate of drug-likeness (QED) is 0.729. The van der Waals surface area contributed by atoms with Crippen LogP contribution >= 0.6 is 11.3 Å². The number of thiophene rings is 1. The van der Waals surface area contributed by atoms with Crippen molar-refractivity contribution in [1.82, 2.24) is 0 Å². The molecule has 0 atom stereocenters. The third-order valence-electron chi connectivity index (χ3n) is 2.63. The summed E-state index contributed by atoms with van der Waals surface area (Å²) in [6, 6.07) is 11.9. The zero-order chi connectivity index (χ0) is 12.3. The summed E-state index contributed by atoms with van der Waals surface area (Å²) in [5.74, 6) is 0.144. The summed E-state index contributed by atoms with van der Waals surface area (Å²) < 4.78 is 0. The van der Waals surface area contributed by atoms with Gasteiger partial charge in [-0.15, -0.1) is 11.3 Å². The predicted molar refractivity (Wildman–Crippen MR) is 73.5 cm³/mol. The van der Waals surface area contributed by atoms with Gasteiger partial charge in [0, 0.05) is 6.42 Å². The van der Waals surface area contributed by atoms with E-state index in [2.05, 4.69) is 6.58 Å². The molecule has 0 fully saturated rings. The topological polar surface area (TPSA) is 17.1 Å². The maximum atomic E-state index is 11.9. The molecule has 0 unspecified atom stereocenters. The highest BCUT2D eigenvalue weighted by molar-refractivity contribution is 7.12. The molecule has 1 aromatic carbocycles. The van der Waals surface area contributed by atoms with Crippen molar-refractivity contribution in [2.45, 2.75) is 13.3 Å². The van der Waals surface area contributed by atoms with E-state index in [1.54, 1.807) is 0 Å². The number of carbonyl (C=O) groups excluding carboxylic acids is 1. The monoisotopic (exact) mass is 242 g/mol. The highest BCUT2D eigenvalue weighted by Gasteiger charge is 2.09. The minimum absolute atomic E-state index is 0.144. The van der Waals surface area contributed by atoms with E-state index < -0.39 is 0 Å². The Morgan fingerprint density at radius 2 is 1.94 bits per heavy atom. The molecule has 0 saturated heterocycles. The van der Waals surface area contributed by atoms with Gasteiger partial charge in [0.05, 0.1) is 4.88 Å². The van der Waals surface area contributed by atoms with Gasteiger partial charge in [0.1, 0.15) is 0 Å². The SMILES string of the molecule is C=C(CC(=O)c1cccs1)c1ccc(C)cc1. The smallest absolute Gasteiger partial charge is 0.177 e. The number of carbonyl (C=O) groups is 1. The van der Waals surface area contributed by atoms with Crippen molar-refractivity contribution in [3.63, 3.8) is 0 Å². The molecular formula is C15H14OS. The van der Waals surface area contributed by atoms with Crippen molar-refractivity contribution in [3.8, 4) is 0 Å². The van der Waals surface area contributed by atoms with Gasteiger partial charge < -0.3 is 0 Å². The Morgan fingerprint density at radius 3 is 2.53 bits per heavy atom. The Morgan fingerprint density at radius 1 is 1.24 bits per heavy atom. The maximum Gasteiger partial charge on any atom is 0.177 e. The van der Waals surface area contributed by atoms with Crippen LogP contribution in [0.25, 0.3) is 5.57 Å². The molecule has 0 saturated carbocycles. The van der Waals surface area contributed by atoms with Gasteiger partial charge >= 0.3 is 0 Å². The first-order valence-corrected chi connectivity index (χ1v) is 6.36. The number of rotatable bonds is 4. The van der Waals surface area contributed by atoms with Crippen LogP contribution < -0.4 is 0 Å². The number of Topliss-reactive ketones (excluding diaryl/α,β-unsaturated/α-hetero) is 1. The molecule has 0 N–H and O–H groups in total. The number of hydrogen-bond donors (Lipinski definition) is 0. The molecule has 1 heterocycles. The molecule has 17 heavy (non-hydrogen) atoms. The van der Waals surface area contributed by atoms with Crippen molar-refractivity contribution < 1.29 is 4.79 Å². The first-order valence-electron chi connectivity index (χ1n) is 5.48. The summed E-state index contributed by atoms with van der Waals surface area (Å²) in [7, 11) is 0. The van der Waals surface area contributed by atoms with E-state index in [1.807, 2.05) is 48.7 Å². The van der Waals surface area contributed by atoms with Crippen molar-refractivity contribution >= 4 is 22.7 Å². The summed E-state index contributed by atoms with van der Waals surface area (Å²) in [5.41, 5.74) is 3.13. The zero-order valence-corrected chi connectivity index (χ0v) is 10.6. The molecule has 0 aliphatic rings. The molecule has 1 aromatic heterocycles. The van der Waals surface area contributed by atoms with Gasteiger partial charge in [0.2, 0.25) is 0 Å². The van der Waals surface area contributed by atoms with E-state index >= 15 is 0 Å². The van der Waals surface area contributed by atoms with E-state index in [4.69, 9.17) is 0 Å². The molecule has 2 aromatic rings.